The fraction of sp³-hybridized carbons (Fsp3) is 0.476. The molecule has 9 heteroatoms. The van der Waals surface area contributed by atoms with Crippen LogP contribution in [0.3, 0.4) is 0 Å². The normalized spacial score (nSPS) is 15.2. The largest absolute Gasteiger partial charge is 0.478 e. The molecule has 3 heterocycles. The molecule has 9 nitrogen and oxygen atoms in total. The molecule has 1 N–H and O–H groups in total. The number of aromatic nitrogens is 5. The molecule has 2 aromatic heterocycles. The highest BCUT2D eigenvalue weighted by atomic mass is 16.4. The van der Waals surface area contributed by atoms with Crippen molar-refractivity contribution in [3.05, 3.63) is 41.7 Å². The van der Waals surface area contributed by atoms with Crippen molar-refractivity contribution in [3.8, 4) is 0 Å². The maximum Gasteiger partial charge on any atom is 0.338 e. The van der Waals surface area contributed by atoms with Gasteiger partial charge in [0.25, 0.3) is 0 Å². The Hall–Kier alpha value is -3.07. The molecule has 0 atom stereocenters. The zero-order chi connectivity index (χ0) is 21.1. The lowest BCUT2D eigenvalue weighted by molar-refractivity contribution is 0.0696. The average Bonchev–Trinajstić information content (AvgIpc) is 3.14. The summed E-state index contributed by atoms with van der Waals surface area (Å²) in [5.74, 6) is 0.237. The zero-order valence-electron chi connectivity index (χ0n) is 17.4. The van der Waals surface area contributed by atoms with Gasteiger partial charge in [0.15, 0.2) is 0 Å². The van der Waals surface area contributed by atoms with Crippen molar-refractivity contribution >= 4 is 23.0 Å². The highest BCUT2D eigenvalue weighted by Gasteiger charge is 2.23. The minimum Gasteiger partial charge on any atom is -0.478 e. The first-order valence-corrected chi connectivity index (χ1v) is 10.3. The lowest BCUT2D eigenvalue weighted by atomic mass is 9.96. The van der Waals surface area contributed by atoms with Gasteiger partial charge >= 0.3 is 5.97 Å². The smallest absolute Gasteiger partial charge is 0.338 e. The molecule has 1 aromatic carbocycles. The maximum absolute atomic E-state index is 11.0. The third kappa shape index (κ3) is 4.40. The SMILES string of the molecule is CCN(Cc1ccc2c(c1)nnn2C)CC1CCN(c2ncc(C(=O)O)cn2)CC1. The molecule has 0 saturated carbocycles. The molecule has 1 saturated heterocycles. The molecule has 0 aliphatic carbocycles. The number of aromatic carboxylic acids is 1. The number of carboxylic acid groups (broad SMARTS) is 1. The molecule has 0 bridgehead atoms. The van der Waals surface area contributed by atoms with Crippen LogP contribution in [0, 0.1) is 5.92 Å². The molecule has 1 aliphatic rings. The Morgan fingerprint density at radius 2 is 1.97 bits per heavy atom. The van der Waals surface area contributed by atoms with Crippen LogP contribution in [0.2, 0.25) is 0 Å². The van der Waals surface area contributed by atoms with Gasteiger partial charge in [0.1, 0.15) is 5.52 Å². The predicted octanol–water partition coefficient (Wildman–Crippen LogP) is 2.20. The first kappa shape index (κ1) is 20.2. The summed E-state index contributed by atoms with van der Waals surface area (Å²) >= 11 is 0. The van der Waals surface area contributed by atoms with Crippen molar-refractivity contribution in [3.63, 3.8) is 0 Å². The maximum atomic E-state index is 11.0. The van der Waals surface area contributed by atoms with E-state index in [1.165, 1.54) is 18.0 Å². The van der Waals surface area contributed by atoms with Crippen molar-refractivity contribution < 1.29 is 9.90 Å². The number of nitrogens with zero attached hydrogens (tertiary/aromatic N) is 7. The number of piperidine rings is 1. The molecular weight excluding hydrogens is 382 g/mol. The van der Waals surface area contributed by atoms with Crippen LogP contribution < -0.4 is 4.90 Å². The second-order valence-corrected chi connectivity index (χ2v) is 7.87. The predicted molar refractivity (Wildman–Crippen MR) is 113 cm³/mol. The lowest BCUT2D eigenvalue weighted by Gasteiger charge is -2.34. The number of hydrogen-bond donors (Lipinski definition) is 1. The number of fused-ring (bicyclic) bond motifs is 1. The molecule has 1 fully saturated rings. The number of carbonyl (C=O) groups is 1. The van der Waals surface area contributed by atoms with Gasteiger partial charge in [-0.2, -0.15) is 0 Å². The first-order chi connectivity index (χ1) is 14.5. The van der Waals surface area contributed by atoms with Crippen LogP contribution in [-0.4, -0.2) is 67.1 Å². The van der Waals surface area contributed by atoms with Gasteiger partial charge in [-0.05, 0) is 43.0 Å². The Bertz CT molecular complexity index is 1010. The topological polar surface area (TPSA) is 100 Å². The van der Waals surface area contributed by atoms with E-state index < -0.39 is 5.97 Å². The number of anilines is 1. The fourth-order valence-electron chi connectivity index (χ4n) is 4.02. The number of carboxylic acids is 1. The standard InChI is InChI=1S/C21H27N7O2/c1-3-27(14-16-4-5-19-18(10-16)24-25-26(19)2)13-15-6-8-28(9-7-15)21-22-11-17(12-23-21)20(29)30/h4-5,10-12,15H,3,6-9,13-14H2,1-2H3,(H,29,30). The number of rotatable bonds is 7. The molecule has 4 rings (SSSR count). The van der Waals surface area contributed by atoms with Crippen LogP contribution in [0.5, 0.6) is 0 Å². The van der Waals surface area contributed by atoms with Gasteiger partial charge in [-0.25, -0.2) is 19.4 Å². The van der Waals surface area contributed by atoms with Gasteiger partial charge in [0, 0.05) is 45.6 Å². The molecule has 30 heavy (non-hydrogen) atoms. The second-order valence-electron chi connectivity index (χ2n) is 7.87. The highest BCUT2D eigenvalue weighted by molar-refractivity contribution is 5.86. The minimum atomic E-state index is -1.00. The van der Waals surface area contributed by atoms with Crippen molar-refractivity contribution in [2.24, 2.45) is 13.0 Å². The number of aryl methyl sites for hydroxylation is 1. The average molecular weight is 409 g/mol. The Balaban J connectivity index is 1.31. The molecule has 0 unspecified atom stereocenters. The van der Waals surface area contributed by atoms with Crippen molar-refractivity contribution in [2.75, 3.05) is 31.1 Å². The third-order valence-electron chi connectivity index (χ3n) is 5.83. The monoisotopic (exact) mass is 409 g/mol. The van der Waals surface area contributed by atoms with E-state index >= 15 is 0 Å². The van der Waals surface area contributed by atoms with Gasteiger partial charge < -0.3 is 10.0 Å². The van der Waals surface area contributed by atoms with Crippen LogP contribution in [0.25, 0.3) is 11.0 Å². The molecule has 1 aliphatic heterocycles. The number of benzene rings is 1. The van der Waals surface area contributed by atoms with Crippen molar-refractivity contribution in [1.82, 2.24) is 29.9 Å². The van der Waals surface area contributed by atoms with E-state index in [-0.39, 0.29) is 5.56 Å². The third-order valence-corrected chi connectivity index (χ3v) is 5.83. The summed E-state index contributed by atoms with van der Waals surface area (Å²) in [6.45, 7) is 6.94. The Morgan fingerprint density at radius 1 is 1.23 bits per heavy atom. The van der Waals surface area contributed by atoms with E-state index in [2.05, 4.69) is 55.2 Å². The highest BCUT2D eigenvalue weighted by Crippen LogP contribution is 2.22. The summed E-state index contributed by atoms with van der Waals surface area (Å²) in [6.07, 6.45) is 4.90. The molecule has 0 spiro atoms. The molecule has 158 valence electrons. The van der Waals surface area contributed by atoms with Gasteiger partial charge in [-0.1, -0.05) is 18.2 Å². The van der Waals surface area contributed by atoms with Gasteiger partial charge in [0.05, 0.1) is 11.1 Å². The van der Waals surface area contributed by atoms with Crippen LogP contribution in [0.4, 0.5) is 5.95 Å². The molecule has 0 amide bonds. The van der Waals surface area contributed by atoms with Crippen LogP contribution in [0.15, 0.2) is 30.6 Å². The van der Waals surface area contributed by atoms with E-state index in [9.17, 15) is 4.79 Å². The van der Waals surface area contributed by atoms with Gasteiger partial charge in [0.2, 0.25) is 5.95 Å². The van der Waals surface area contributed by atoms with Crippen LogP contribution >= 0.6 is 0 Å². The molecule has 3 aromatic rings. The summed E-state index contributed by atoms with van der Waals surface area (Å²) in [5, 5.41) is 17.3. The van der Waals surface area contributed by atoms with Gasteiger partial charge in [-0.3, -0.25) is 4.90 Å². The first-order valence-electron chi connectivity index (χ1n) is 10.3. The van der Waals surface area contributed by atoms with E-state index in [1.807, 2.05) is 7.05 Å². The molecule has 0 radical (unpaired) electrons. The quantitative estimate of drug-likeness (QED) is 0.634. The fourth-order valence-corrected chi connectivity index (χ4v) is 4.02. The van der Waals surface area contributed by atoms with E-state index in [1.54, 1.807) is 4.68 Å². The summed E-state index contributed by atoms with van der Waals surface area (Å²) in [7, 11) is 1.91. The van der Waals surface area contributed by atoms with Crippen molar-refractivity contribution in [2.45, 2.75) is 26.3 Å². The van der Waals surface area contributed by atoms with Crippen molar-refractivity contribution in [1.29, 1.82) is 0 Å². The van der Waals surface area contributed by atoms with Gasteiger partial charge in [-0.15, -0.1) is 5.10 Å². The summed E-state index contributed by atoms with van der Waals surface area (Å²) < 4.78 is 1.80. The van der Waals surface area contributed by atoms with E-state index in [0.717, 1.165) is 56.6 Å². The summed E-state index contributed by atoms with van der Waals surface area (Å²) in [6, 6.07) is 6.38. The van der Waals surface area contributed by atoms with Crippen LogP contribution in [-0.2, 0) is 13.6 Å². The second kappa shape index (κ2) is 8.74. The van der Waals surface area contributed by atoms with E-state index in [0.29, 0.717) is 11.9 Å². The summed E-state index contributed by atoms with van der Waals surface area (Å²) in [4.78, 5) is 24.0. The Morgan fingerprint density at radius 3 is 2.63 bits per heavy atom. The molecular formula is C21H27N7O2. The van der Waals surface area contributed by atoms with E-state index in [4.69, 9.17) is 5.11 Å². The summed E-state index contributed by atoms with van der Waals surface area (Å²) in [5.41, 5.74) is 3.36. The lowest BCUT2D eigenvalue weighted by Crippen LogP contribution is -2.39. The minimum absolute atomic E-state index is 0.117. The van der Waals surface area contributed by atoms with Crippen LogP contribution in [0.1, 0.15) is 35.7 Å². The Kier molecular flexibility index (Phi) is 5.89. The zero-order valence-corrected chi connectivity index (χ0v) is 17.4. The number of hydrogen-bond acceptors (Lipinski definition) is 7. The Labute approximate surface area is 175 Å².